The molecule has 2 heteroatoms. The molecule has 56 heavy (non-hydrogen) atoms. The summed E-state index contributed by atoms with van der Waals surface area (Å²) >= 11 is 1.88. The largest absolute Gasteiger partial charge is 0.311 e. The zero-order valence-electron chi connectivity index (χ0n) is 30.6. The van der Waals surface area contributed by atoms with E-state index in [0.717, 1.165) is 17.1 Å². The molecule has 0 fully saturated rings. The molecule has 262 valence electrons. The standard InChI is InChI=1S/C54H35NS/c1-2-9-36(10-3-1)37-21-28-44(29-22-37)55(46-32-25-40(26-33-46)49-14-8-15-51-50-13-6-7-16-52(50)56-54(49)51)45-30-23-38(24-31-45)42-27-34-48-43(35-42)20-19-41-18-17-39-11-4-5-12-47(39)53(41)48/h1-35H. The second-order valence-electron chi connectivity index (χ2n) is 14.5. The monoisotopic (exact) mass is 729 g/mol. The Balaban J connectivity index is 0.976. The van der Waals surface area contributed by atoms with Crippen LogP contribution in [-0.4, -0.2) is 0 Å². The summed E-state index contributed by atoms with van der Waals surface area (Å²) < 4.78 is 2.66. The summed E-state index contributed by atoms with van der Waals surface area (Å²) in [5.74, 6) is 0. The van der Waals surface area contributed by atoms with Gasteiger partial charge < -0.3 is 4.90 Å². The van der Waals surface area contributed by atoms with E-state index in [2.05, 4.69) is 217 Å². The highest BCUT2D eigenvalue weighted by atomic mass is 32.1. The molecule has 1 aromatic heterocycles. The highest BCUT2D eigenvalue weighted by Gasteiger charge is 2.16. The van der Waals surface area contributed by atoms with E-state index >= 15 is 0 Å². The van der Waals surface area contributed by atoms with Gasteiger partial charge in [-0.2, -0.15) is 0 Å². The van der Waals surface area contributed by atoms with Gasteiger partial charge in [0.05, 0.1) is 0 Å². The number of anilines is 3. The van der Waals surface area contributed by atoms with Gasteiger partial charge >= 0.3 is 0 Å². The zero-order valence-corrected chi connectivity index (χ0v) is 31.4. The van der Waals surface area contributed by atoms with Gasteiger partial charge in [-0.3, -0.25) is 0 Å². The van der Waals surface area contributed by atoms with Gasteiger partial charge in [-0.05, 0) is 114 Å². The zero-order chi connectivity index (χ0) is 37.0. The lowest BCUT2D eigenvalue weighted by Gasteiger charge is -2.26. The van der Waals surface area contributed by atoms with Gasteiger partial charge in [0.25, 0.3) is 0 Å². The van der Waals surface area contributed by atoms with Crippen molar-refractivity contribution in [1.82, 2.24) is 0 Å². The fraction of sp³-hybridized carbons (Fsp3) is 0. The predicted molar refractivity (Wildman–Crippen MR) is 243 cm³/mol. The van der Waals surface area contributed by atoms with Gasteiger partial charge in [-0.25, -0.2) is 0 Å². The Morgan fingerprint density at radius 3 is 1.55 bits per heavy atom. The van der Waals surface area contributed by atoms with Crippen LogP contribution in [0.5, 0.6) is 0 Å². The number of benzene rings is 10. The van der Waals surface area contributed by atoms with E-state index < -0.39 is 0 Å². The molecule has 0 aliphatic rings. The number of rotatable bonds is 6. The molecule has 0 atom stereocenters. The minimum Gasteiger partial charge on any atom is -0.311 e. The SMILES string of the molecule is c1ccc(-c2ccc(N(c3ccc(-c4ccc5c(ccc6ccc7ccccc7c65)c4)cc3)c3ccc(-c4cccc5c4sc4ccccc45)cc3)cc2)cc1. The first-order chi connectivity index (χ1) is 27.7. The Labute approximate surface area is 330 Å². The van der Waals surface area contributed by atoms with E-state index in [1.165, 1.54) is 85.9 Å². The summed E-state index contributed by atoms with van der Waals surface area (Å²) in [5, 5.41) is 10.4. The minimum absolute atomic E-state index is 1.11. The maximum atomic E-state index is 2.36. The van der Waals surface area contributed by atoms with Crippen molar-refractivity contribution in [1.29, 1.82) is 0 Å². The van der Waals surface area contributed by atoms with Crippen LogP contribution >= 0.6 is 11.3 Å². The third-order valence-electron chi connectivity index (χ3n) is 11.3. The summed E-state index contributed by atoms with van der Waals surface area (Å²) in [4.78, 5) is 2.36. The number of hydrogen-bond acceptors (Lipinski definition) is 2. The predicted octanol–water partition coefficient (Wildman–Crippen LogP) is 16.0. The highest BCUT2D eigenvalue weighted by Crippen LogP contribution is 2.42. The Morgan fingerprint density at radius 2 is 0.821 bits per heavy atom. The van der Waals surface area contributed by atoms with Crippen LogP contribution in [0.15, 0.2) is 212 Å². The van der Waals surface area contributed by atoms with Gasteiger partial charge in [0, 0.05) is 37.2 Å². The Hall–Kier alpha value is -7.00. The maximum Gasteiger partial charge on any atom is 0.0462 e. The van der Waals surface area contributed by atoms with Crippen molar-refractivity contribution in [2.75, 3.05) is 4.90 Å². The molecule has 0 aliphatic carbocycles. The van der Waals surface area contributed by atoms with Gasteiger partial charge in [0.1, 0.15) is 0 Å². The van der Waals surface area contributed by atoms with Crippen LogP contribution in [0.3, 0.4) is 0 Å². The van der Waals surface area contributed by atoms with Crippen molar-refractivity contribution in [3.8, 4) is 33.4 Å². The molecular weight excluding hydrogens is 695 g/mol. The van der Waals surface area contributed by atoms with Crippen molar-refractivity contribution in [3.63, 3.8) is 0 Å². The molecule has 0 spiro atoms. The maximum absolute atomic E-state index is 2.36. The highest BCUT2D eigenvalue weighted by molar-refractivity contribution is 7.26. The Bertz CT molecular complexity index is 3210. The van der Waals surface area contributed by atoms with E-state index in [-0.39, 0.29) is 0 Å². The first kappa shape index (κ1) is 32.4. The molecule has 0 saturated heterocycles. The molecule has 1 nitrogen and oxygen atoms in total. The van der Waals surface area contributed by atoms with E-state index in [1.54, 1.807) is 0 Å². The topological polar surface area (TPSA) is 3.24 Å². The molecule has 0 N–H and O–H groups in total. The van der Waals surface area contributed by atoms with Gasteiger partial charge in [-0.1, -0.05) is 164 Å². The minimum atomic E-state index is 1.11. The Kier molecular flexibility index (Phi) is 7.75. The summed E-state index contributed by atoms with van der Waals surface area (Å²) in [5.41, 5.74) is 10.7. The number of thiophene rings is 1. The lowest BCUT2D eigenvalue weighted by Crippen LogP contribution is -2.09. The summed E-state index contributed by atoms with van der Waals surface area (Å²) in [6, 6.07) is 77.6. The van der Waals surface area contributed by atoms with E-state index in [9.17, 15) is 0 Å². The second-order valence-corrected chi connectivity index (χ2v) is 15.6. The normalized spacial score (nSPS) is 11.6. The average Bonchev–Trinajstić information content (AvgIpc) is 3.66. The van der Waals surface area contributed by atoms with Crippen molar-refractivity contribution in [2.24, 2.45) is 0 Å². The van der Waals surface area contributed by atoms with Crippen LogP contribution in [0.2, 0.25) is 0 Å². The third-order valence-corrected chi connectivity index (χ3v) is 12.5. The average molecular weight is 730 g/mol. The van der Waals surface area contributed by atoms with Crippen molar-refractivity contribution in [3.05, 3.63) is 212 Å². The van der Waals surface area contributed by atoms with E-state index in [4.69, 9.17) is 0 Å². The van der Waals surface area contributed by atoms with Crippen molar-refractivity contribution < 1.29 is 0 Å². The number of nitrogens with zero attached hydrogens (tertiary/aromatic N) is 1. The van der Waals surface area contributed by atoms with Crippen LogP contribution in [0.4, 0.5) is 17.1 Å². The molecular formula is C54H35NS. The quantitative estimate of drug-likeness (QED) is 0.154. The molecule has 0 amide bonds. The lowest BCUT2D eigenvalue weighted by atomic mass is 9.94. The fourth-order valence-corrected chi connectivity index (χ4v) is 9.70. The molecule has 0 saturated carbocycles. The van der Waals surface area contributed by atoms with Crippen molar-refractivity contribution in [2.45, 2.75) is 0 Å². The first-order valence-electron chi connectivity index (χ1n) is 19.2. The number of hydrogen-bond donors (Lipinski definition) is 0. The molecule has 0 radical (unpaired) electrons. The van der Waals surface area contributed by atoms with E-state index in [0.29, 0.717) is 0 Å². The van der Waals surface area contributed by atoms with Crippen LogP contribution in [0, 0.1) is 0 Å². The smallest absolute Gasteiger partial charge is 0.0462 e. The molecule has 10 aromatic carbocycles. The second kappa shape index (κ2) is 13.4. The van der Waals surface area contributed by atoms with Gasteiger partial charge in [0.2, 0.25) is 0 Å². The van der Waals surface area contributed by atoms with Crippen molar-refractivity contribution >= 4 is 80.9 Å². The van der Waals surface area contributed by atoms with Crippen LogP contribution in [0.1, 0.15) is 0 Å². The fourth-order valence-electron chi connectivity index (χ4n) is 8.46. The first-order valence-corrected chi connectivity index (χ1v) is 20.0. The van der Waals surface area contributed by atoms with Gasteiger partial charge in [-0.15, -0.1) is 11.3 Å². The molecule has 0 aliphatic heterocycles. The van der Waals surface area contributed by atoms with Crippen LogP contribution in [-0.2, 0) is 0 Å². The Morgan fingerprint density at radius 1 is 0.304 bits per heavy atom. The van der Waals surface area contributed by atoms with Gasteiger partial charge in [0.15, 0.2) is 0 Å². The van der Waals surface area contributed by atoms with E-state index in [1.807, 2.05) is 11.3 Å². The summed E-state index contributed by atoms with van der Waals surface area (Å²) in [6.07, 6.45) is 0. The molecule has 0 bridgehead atoms. The van der Waals surface area contributed by atoms with Crippen LogP contribution < -0.4 is 4.90 Å². The lowest BCUT2D eigenvalue weighted by molar-refractivity contribution is 1.28. The molecule has 11 aromatic rings. The summed E-state index contributed by atoms with van der Waals surface area (Å²) in [6.45, 7) is 0. The van der Waals surface area contributed by atoms with Crippen LogP contribution in [0.25, 0.3) is 85.9 Å². The third kappa shape index (κ3) is 5.54. The molecule has 1 heterocycles. The number of fused-ring (bicyclic) bond motifs is 8. The molecule has 11 rings (SSSR count). The molecule has 0 unspecified atom stereocenters. The summed E-state index contributed by atoms with van der Waals surface area (Å²) in [7, 11) is 0.